The van der Waals surface area contributed by atoms with Crippen LogP contribution in [0.2, 0.25) is 0 Å². The van der Waals surface area contributed by atoms with E-state index in [-0.39, 0.29) is 29.3 Å². The number of fused-ring (bicyclic) bond motifs is 1. The molecule has 0 saturated carbocycles. The van der Waals surface area contributed by atoms with Gasteiger partial charge in [-0.15, -0.1) is 0 Å². The first-order chi connectivity index (χ1) is 15.9. The van der Waals surface area contributed by atoms with Crippen LogP contribution in [0.25, 0.3) is 0 Å². The van der Waals surface area contributed by atoms with Gasteiger partial charge in [0.1, 0.15) is 24.4 Å². The van der Waals surface area contributed by atoms with Crippen molar-refractivity contribution >= 4 is 21.6 Å². The number of carbonyl (C=O) groups is 1. The fourth-order valence-electron chi connectivity index (χ4n) is 4.48. The molecule has 0 N–H and O–H groups in total. The molecule has 1 saturated heterocycles. The Morgan fingerprint density at radius 2 is 1.76 bits per heavy atom. The van der Waals surface area contributed by atoms with Crippen molar-refractivity contribution in [3.63, 3.8) is 0 Å². The quantitative estimate of drug-likeness (QED) is 0.518. The first-order valence-electron chi connectivity index (χ1n) is 10.6. The van der Waals surface area contributed by atoms with Crippen LogP contribution in [0.1, 0.15) is 12.5 Å². The zero-order valence-electron chi connectivity index (χ0n) is 17.9. The summed E-state index contributed by atoms with van der Waals surface area (Å²) in [5.41, 5.74) is 0.856. The van der Waals surface area contributed by atoms with Gasteiger partial charge in [0.2, 0.25) is 0 Å². The number of amides is 1. The van der Waals surface area contributed by atoms with E-state index in [1.54, 1.807) is 30.4 Å². The van der Waals surface area contributed by atoms with Gasteiger partial charge in [0, 0.05) is 5.56 Å². The van der Waals surface area contributed by atoms with E-state index in [0.717, 1.165) is 5.56 Å². The summed E-state index contributed by atoms with van der Waals surface area (Å²) in [5.74, 6) is 11.8. The first-order valence-corrected chi connectivity index (χ1v) is 12.3. The molecular weight excluding hydrogens is 438 g/mol. The van der Waals surface area contributed by atoms with Crippen LogP contribution in [0.15, 0.2) is 71.6 Å². The number of epoxide rings is 1. The van der Waals surface area contributed by atoms with E-state index in [1.165, 1.54) is 17.0 Å². The van der Waals surface area contributed by atoms with Crippen LogP contribution in [0, 0.1) is 29.6 Å². The molecular formula is C26H21NO5S. The topological polar surface area (TPSA) is 76.2 Å². The minimum absolute atomic E-state index is 0.107. The number of carbonyl (C=O) groups excluding carboxylic acids is 1. The van der Waals surface area contributed by atoms with E-state index in [4.69, 9.17) is 9.47 Å². The zero-order valence-corrected chi connectivity index (χ0v) is 18.7. The van der Waals surface area contributed by atoms with Crippen molar-refractivity contribution in [3.05, 3.63) is 72.3 Å². The lowest BCUT2D eigenvalue weighted by Crippen LogP contribution is -2.50. The molecule has 0 radical (unpaired) electrons. The molecule has 166 valence electrons. The second kappa shape index (κ2) is 8.12. The van der Waals surface area contributed by atoms with Crippen molar-refractivity contribution in [2.45, 2.75) is 29.6 Å². The maximum Gasteiger partial charge on any atom is 0.415 e. The number of sulfone groups is 1. The molecule has 0 spiro atoms. The SMILES string of the molecule is C[C@H]1C#C/C=C\C#C[C@H]2[C@@H]3O[C@@]13c1ccccc1N2C(=O)OCCS(=O)(=O)c1ccccc1. The van der Waals surface area contributed by atoms with Gasteiger partial charge in [0.15, 0.2) is 9.84 Å². The molecule has 2 bridgehead atoms. The normalized spacial score (nSPS) is 27.4. The molecule has 4 atom stereocenters. The van der Waals surface area contributed by atoms with Crippen molar-refractivity contribution in [1.82, 2.24) is 0 Å². The number of hydrogen-bond acceptors (Lipinski definition) is 5. The highest BCUT2D eigenvalue weighted by atomic mass is 32.2. The summed E-state index contributed by atoms with van der Waals surface area (Å²) in [6, 6.07) is 15.0. The summed E-state index contributed by atoms with van der Waals surface area (Å²) in [6.45, 7) is 1.74. The lowest BCUT2D eigenvalue weighted by atomic mass is 9.78. The molecule has 1 aliphatic carbocycles. The highest BCUT2D eigenvalue weighted by Crippen LogP contribution is 2.60. The summed E-state index contributed by atoms with van der Waals surface area (Å²) in [7, 11) is -3.57. The molecule has 2 aliphatic heterocycles. The molecule has 2 aromatic rings. The van der Waals surface area contributed by atoms with Gasteiger partial charge in [0.05, 0.1) is 22.3 Å². The Morgan fingerprint density at radius 3 is 2.55 bits per heavy atom. The third-order valence-corrected chi connectivity index (χ3v) is 7.83. The Morgan fingerprint density at radius 1 is 1.06 bits per heavy atom. The Hall–Kier alpha value is -3.52. The van der Waals surface area contributed by atoms with Crippen LogP contribution in [-0.2, 0) is 24.9 Å². The van der Waals surface area contributed by atoms with Crippen molar-refractivity contribution < 1.29 is 22.7 Å². The molecule has 7 heteroatoms. The Kier molecular flexibility index (Phi) is 5.25. The molecule has 33 heavy (non-hydrogen) atoms. The third kappa shape index (κ3) is 3.60. The molecule has 0 unspecified atom stereocenters. The highest BCUT2D eigenvalue weighted by Gasteiger charge is 2.69. The van der Waals surface area contributed by atoms with E-state index in [2.05, 4.69) is 23.7 Å². The largest absolute Gasteiger partial charge is 0.448 e. The average Bonchev–Trinajstić information content (AvgIpc) is 3.58. The standard InChI is InChI=1S/C26H21NO5S/c1-19-11-5-2-3-8-16-23-24-26(19,32-24)21-14-9-10-15-22(21)27(23)25(28)31-17-18-33(29,30)20-12-6-4-7-13-20/h2-4,6-7,9-10,12-15,19,23-24H,17-18H2,1H3/b3-2-/t19-,23-,24-,26+/m0/s1. The van der Waals surface area contributed by atoms with E-state index < -0.39 is 27.6 Å². The van der Waals surface area contributed by atoms with Crippen molar-refractivity contribution in [1.29, 1.82) is 0 Å². The number of rotatable bonds is 4. The number of allylic oxidation sites excluding steroid dienone is 2. The van der Waals surface area contributed by atoms with Crippen molar-refractivity contribution in [2.24, 2.45) is 5.92 Å². The number of para-hydroxylation sites is 1. The average molecular weight is 460 g/mol. The predicted octanol–water partition coefficient (Wildman–Crippen LogP) is 3.29. The molecule has 0 aromatic heterocycles. The van der Waals surface area contributed by atoms with Gasteiger partial charge in [-0.05, 0) is 37.3 Å². The van der Waals surface area contributed by atoms with Gasteiger partial charge < -0.3 is 9.47 Å². The van der Waals surface area contributed by atoms with Gasteiger partial charge in [-0.3, -0.25) is 4.90 Å². The highest BCUT2D eigenvalue weighted by molar-refractivity contribution is 7.91. The van der Waals surface area contributed by atoms with Crippen molar-refractivity contribution in [3.8, 4) is 23.7 Å². The maximum atomic E-state index is 13.2. The van der Waals surface area contributed by atoms with E-state index in [9.17, 15) is 13.2 Å². The Balaban J connectivity index is 1.43. The summed E-state index contributed by atoms with van der Waals surface area (Å²) < 4.78 is 36.7. The van der Waals surface area contributed by atoms with Gasteiger partial charge >= 0.3 is 6.09 Å². The van der Waals surface area contributed by atoms with Crippen LogP contribution in [0.4, 0.5) is 10.5 Å². The Labute approximate surface area is 193 Å². The summed E-state index contributed by atoms with van der Waals surface area (Å²) in [5, 5.41) is 0. The molecule has 6 nitrogen and oxygen atoms in total. The molecule has 2 heterocycles. The second-order valence-corrected chi connectivity index (χ2v) is 10.2. The molecule has 1 amide bonds. The molecule has 5 rings (SSSR count). The smallest absolute Gasteiger partial charge is 0.415 e. The fourth-order valence-corrected chi connectivity index (χ4v) is 5.59. The first kappa shape index (κ1) is 21.3. The van der Waals surface area contributed by atoms with Crippen LogP contribution >= 0.6 is 0 Å². The van der Waals surface area contributed by atoms with E-state index >= 15 is 0 Å². The minimum Gasteiger partial charge on any atom is -0.448 e. The van der Waals surface area contributed by atoms with Crippen LogP contribution < -0.4 is 4.90 Å². The minimum atomic E-state index is -3.57. The number of anilines is 1. The number of nitrogens with zero attached hydrogens (tertiary/aromatic N) is 1. The van der Waals surface area contributed by atoms with Crippen LogP contribution in [0.3, 0.4) is 0 Å². The maximum absolute atomic E-state index is 13.2. The lowest BCUT2D eigenvalue weighted by Gasteiger charge is -2.35. The van der Waals surface area contributed by atoms with Gasteiger partial charge in [-0.2, -0.15) is 0 Å². The molecule has 3 aliphatic rings. The second-order valence-electron chi connectivity index (χ2n) is 8.04. The van der Waals surface area contributed by atoms with Crippen LogP contribution in [-0.4, -0.2) is 39.0 Å². The molecule has 2 aromatic carbocycles. The fraction of sp³-hybridized carbons (Fsp3) is 0.269. The van der Waals surface area contributed by atoms with Gasteiger partial charge in [-0.1, -0.05) is 60.1 Å². The van der Waals surface area contributed by atoms with E-state index in [0.29, 0.717) is 5.69 Å². The van der Waals surface area contributed by atoms with Crippen molar-refractivity contribution in [2.75, 3.05) is 17.3 Å². The predicted molar refractivity (Wildman–Crippen MR) is 123 cm³/mol. The summed E-state index contributed by atoms with van der Waals surface area (Å²) >= 11 is 0. The zero-order chi connectivity index (χ0) is 23.1. The monoisotopic (exact) mass is 459 g/mol. The van der Waals surface area contributed by atoms with E-state index in [1.807, 2.05) is 31.2 Å². The lowest BCUT2D eigenvalue weighted by molar-refractivity contribution is 0.158. The summed E-state index contributed by atoms with van der Waals surface area (Å²) in [4.78, 5) is 14.9. The Bertz CT molecular complexity index is 1360. The third-order valence-electron chi connectivity index (χ3n) is 6.14. The molecule has 1 fully saturated rings. The number of ether oxygens (including phenoxy) is 2. The summed E-state index contributed by atoms with van der Waals surface area (Å²) in [6.07, 6.45) is 2.32. The van der Waals surface area contributed by atoms with Crippen LogP contribution in [0.5, 0.6) is 0 Å². The van der Waals surface area contributed by atoms with Gasteiger partial charge in [0.25, 0.3) is 0 Å². The van der Waals surface area contributed by atoms with Gasteiger partial charge in [-0.25, -0.2) is 13.2 Å². The number of benzene rings is 2. The number of hydrogen-bond donors (Lipinski definition) is 0.